The van der Waals surface area contributed by atoms with E-state index in [2.05, 4.69) is 43.0 Å². The molecule has 0 spiro atoms. The number of esters is 1. The molecule has 0 aromatic heterocycles. The number of nitrogens with one attached hydrogen (secondary N) is 6. The third-order valence-corrected chi connectivity index (χ3v) is 10.3. The summed E-state index contributed by atoms with van der Waals surface area (Å²) in [6.45, 7) is 7.53. The normalized spacial score (nSPS) is 14.8. The Bertz CT molecular complexity index is 1270. The predicted octanol–water partition coefficient (Wildman–Crippen LogP) is -0.635. The lowest BCUT2D eigenvalue weighted by molar-refractivity contribution is -0.152. The molecule has 0 rings (SSSR count). The molecule has 0 aromatic carbocycles. The minimum Gasteiger partial charge on any atom is -0.463 e. The molecule has 0 fully saturated rings. The number of ketones is 1. The van der Waals surface area contributed by atoms with Gasteiger partial charge in [-0.15, -0.1) is 0 Å². The summed E-state index contributed by atoms with van der Waals surface area (Å²) in [5, 5.41) is 23.3. The molecule has 0 aliphatic heterocycles. The van der Waals surface area contributed by atoms with Gasteiger partial charge in [0.25, 0.3) is 5.78 Å². The number of aliphatic hydroxyl groups excluding tert-OH is 1. The van der Waals surface area contributed by atoms with Crippen LogP contribution in [0.25, 0.3) is 0 Å². The summed E-state index contributed by atoms with van der Waals surface area (Å²) >= 11 is 0. The van der Waals surface area contributed by atoms with Gasteiger partial charge in [-0.1, -0.05) is 58.3 Å². The van der Waals surface area contributed by atoms with E-state index >= 15 is 0 Å². The Hall–Kier alpha value is -3.23. The number of nitrogens with two attached hydrogens (primary N) is 2. The van der Waals surface area contributed by atoms with E-state index in [-0.39, 0.29) is 25.1 Å². The van der Waals surface area contributed by atoms with Crippen LogP contribution in [0.5, 0.6) is 0 Å². The zero-order valence-corrected chi connectivity index (χ0v) is 34.4. The molecule has 0 aliphatic carbocycles. The molecule has 55 heavy (non-hydrogen) atoms. The fraction of sp³-hybridized carbons (Fsp3) is 0.833. The molecule has 6 atom stereocenters. The zero-order valence-electron chi connectivity index (χ0n) is 33.6. The number of carbonyl (C=O) groups is 6. The lowest BCUT2D eigenvalue weighted by Gasteiger charge is -2.26. The molecular formula is C36H70N8O10S. The number of hydrogen-bond donors (Lipinski definition) is 9. The molecule has 19 heteroatoms. The minimum atomic E-state index is -3.93. The first-order chi connectivity index (χ1) is 26.0. The summed E-state index contributed by atoms with van der Waals surface area (Å²) in [6.07, 6.45) is 9.91. The third-order valence-electron chi connectivity index (χ3n) is 8.87. The van der Waals surface area contributed by atoms with Gasteiger partial charge in [0.2, 0.25) is 33.7 Å². The average Bonchev–Trinajstić information content (AvgIpc) is 3.13. The number of rotatable bonds is 33. The van der Waals surface area contributed by atoms with Gasteiger partial charge in [0, 0.05) is 6.54 Å². The number of methoxy groups -OCH3 is 1. The molecule has 18 nitrogen and oxygen atoms in total. The van der Waals surface area contributed by atoms with E-state index < -0.39 is 81.7 Å². The SMILES string of the molecule is CCCCCCCCCCNCCS(=O)(=O)N[C@@H](CCCCN)C(=O)N[C@H](C(=O)N[C@@H](C)C(=O)N[C@@H](CCCCN)C(=O)N[C@@H](C)C(=O)C(=O)OC)[C@@H](C)O. The molecule has 0 saturated heterocycles. The number of hydrogen-bond acceptors (Lipinski definition) is 13. The maximum absolute atomic E-state index is 13.4. The fourth-order valence-corrected chi connectivity index (χ4v) is 6.66. The number of unbranched alkanes of at least 4 members (excludes halogenated alkanes) is 9. The Morgan fingerprint density at radius 2 is 1.16 bits per heavy atom. The van der Waals surface area contributed by atoms with Gasteiger partial charge in [-0.2, -0.15) is 0 Å². The molecule has 11 N–H and O–H groups in total. The Kier molecular flexibility index (Phi) is 28.2. The van der Waals surface area contributed by atoms with Crippen LogP contribution in [0.15, 0.2) is 0 Å². The Balaban J connectivity index is 5.43. The molecule has 0 radical (unpaired) electrons. The molecule has 0 heterocycles. The monoisotopic (exact) mass is 806 g/mol. The Morgan fingerprint density at radius 1 is 0.636 bits per heavy atom. The predicted molar refractivity (Wildman–Crippen MR) is 210 cm³/mol. The summed E-state index contributed by atoms with van der Waals surface area (Å²) in [5.74, 6) is -5.77. The highest BCUT2D eigenvalue weighted by Crippen LogP contribution is 2.09. The van der Waals surface area contributed by atoms with Gasteiger partial charge < -0.3 is 47.9 Å². The van der Waals surface area contributed by atoms with E-state index in [9.17, 15) is 42.3 Å². The minimum absolute atomic E-state index is 0.0817. The molecule has 0 aromatic rings. The largest absolute Gasteiger partial charge is 0.463 e. The fourth-order valence-electron chi connectivity index (χ4n) is 5.47. The van der Waals surface area contributed by atoms with E-state index in [1.807, 2.05) is 0 Å². The van der Waals surface area contributed by atoms with Crippen molar-refractivity contribution in [1.29, 1.82) is 0 Å². The number of amides is 4. The molecular weight excluding hydrogens is 737 g/mol. The smallest absolute Gasteiger partial charge is 0.376 e. The van der Waals surface area contributed by atoms with Crippen LogP contribution in [0, 0.1) is 0 Å². The summed E-state index contributed by atoms with van der Waals surface area (Å²) in [5.41, 5.74) is 11.2. The molecule has 4 amide bonds. The van der Waals surface area contributed by atoms with Crippen LogP contribution in [0.1, 0.15) is 118 Å². The first-order valence-corrected chi connectivity index (χ1v) is 21.3. The van der Waals surface area contributed by atoms with Gasteiger partial charge in [-0.3, -0.25) is 24.0 Å². The summed E-state index contributed by atoms with van der Waals surface area (Å²) in [6, 6.07) is -6.53. The van der Waals surface area contributed by atoms with E-state index in [0.29, 0.717) is 45.3 Å². The molecule has 0 aliphatic rings. The molecule has 0 bridgehead atoms. The van der Waals surface area contributed by atoms with Gasteiger partial charge in [0.15, 0.2) is 0 Å². The van der Waals surface area contributed by atoms with Gasteiger partial charge in [-0.25, -0.2) is 17.9 Å². The number of aliphatic hydroxyl groups is 1. The van der Waals surface area contributed by atoms with E-state index in [1.165, 1.54) is 52.9 Å². The maximum atomic E-state index is 13.4. The summed E-state index contributed by atoms with van der Waals surface area (Å²) in [7, 11) is -2.90. The standard InChI is InChI=1S/C36H70N8O10S/c1-6-7-8-9-10-11-12-17-22-39-23-24-55(52,53)44-29(19-14-16-21-38)34(49)43-30(27(4)45)35(50)41-26(3)32(47)42-28(18-13-15-20-37)33(48)40-25(2)31(46)36(51)54-5/h25-30,39,44-45H,6-24,37-38H2,1-5H3,(H,40,48)(H,41,50)(H,42,47)(H,43,49)/t25-,26-,27+,28-,29-,30-/m0/s1. The van der Waals surface area contributed by atoms with Gasteiger partial charge >= 0.3 is 5.97 Å². The van der Waals surface area contributed by atoms with Crippen LogP contribution in [0.3, 0.4) is 0 Å². The average molecular weight is 807 g/mol. The van der Waals surface area contributed by atoms with Crippen molar-refractivity contribution in [3.8, 4) is 0 Å². The van der Waals surface area contributed by atoms with Crippen LogP contribution in [-0.2, 0) is 43.5 Å². The molecule has 0 saturated carbocycles. The van der Waals surface area contributed by atoms with Crippen LogP contribution >= 0.6 is 0 Å². The Morgan fingerprint density at radius 3 is 1.71 bits per heavy atom. The maximum Gasteiger partial charge on any atom is 0.376 e. The lowest BCUT2D eigenvalue weighted by atomic mass is 10.1. The van der Waals surface area contributed by atoms with Crippen molar-refractivity contribution in [3.63, 3.8) is 0 Å². The van der Waals surface area contributed by atoms with Gasteiger partial charge in [0.05, 0.1) is 25.0 Å². The molecule has 0 unspecified atom stereocenters. The lowest BCUT2D eigenvalue weighted by Crippen LogP contribution is -2.60. The van der Waals surface area contributed by atoms with Crippen molar-refractivity contribution in [3.05, 3.63) is 0 Å². The van der Waals surface area contributed by atoms with Crippen LogP contribution in [-0.4, -0.2) is 124 Å². The van der Waals surface area contributed by atoms with Crippen molar-refractivity contribution in [2.45, 2.75) is 154 Å². The first kappa shape index (κ1) is 51.8. The second kappa shape index (κ2) is 30.0. The highest BCUT2D eigenvalue weighted by atomic mass is 32.2. The van der Waals surface area contributed by atoms with Crippen molar-refractivity contribution in [1.82, 2.24) is 31.3 Å². The highest BCUT2D eigenvalue weighted by Gasteiger charge is 2.33. The number of carbonyl (C=O) groups excluding carboxylic acids is 6. The van der Waals surface area contributed by atoms with Crippen molar-refractivity contribution < 1.29 is 47.0 Å². The molecule has 320 valence electrons. The van der Waals surface area contributed by atoms with E-state index in [0.717, 1.165) is 26.4 Å². The van der Waals surface area contributed by atoms with Crippen molar-refractivity contribution in [2.75, 3.05) is 39.0 Å². The van der Waals surface area contributed by atoms with Crippen molar-refractivity contribution in [2.24, 2.45) is 11.5 Å². The quantitative estimate of drug-likeness (QED) is 0.0227. The van der Waals surface area contributed by atoms with Gasteiger partial charge in [0.1, 0.15) is 24.2 Å². The second-order valence-corrected chi connectivity index (χ2v) is 15.8. The van der Waals surface area contributed by atoms with E-state index in [4.69, 9.17) is 11.5 Å². The summed E-state index contributed by atoms with van der Waals surface area (Å²) in [4.78, 5) is 76.5. The van der Waals surface area contributed by atoms with Gasteiger partial charge in [-0.05, 0) is 78.9 Å². The number of Topliss-reactive ketones (excluding diaryl/α,β-unsaturated/α-hetero) is 1. The number of ether oxygens (including phenoxy) is 1. The highest BCUT2D eigenvalue weighted by molar-refractivity contribution is 7.89. The summed E-state index contributed by atoms with van der Waals surface area (Å²) < 4.78 is 32.8. The third kappa shape index (κ3) is 23.4. The number of sulfonamides is 1. The zero-order chi connectivity index (χ0) is 41.8. The topological polar surface area (TPSA) is 290 Å². The Labute approximate surface area is 327 Å². The first-order valence-electron chi connectivity index (χ1n) is 19.7. The van der Waals surface area contributed by atoms with E-state index in [1.54, 1.807) is 0 Å². The second-order valence-electron chi connectivity index (χ2n) is 13.9. The van der Waals surface area contributed by atoms with Crippen LogP contribution < -0.4 is 42.8 Å². The van der Waals surface area contributed by atoms with Crippen LogP contribution in [0.2, 0.25) is 0 Å². The van der Waals surface area contributed by atoms with Crippen LogP contribution in [0.4, 0.5) is 0 Å². The van der Waals surface area contributed by atoms with Crippen molar-refractivity contribution >= 4 is 45.4 Å².